The van der Waals surface area contributed by atoms with Gasteiger partial charge in [0.1, 0.15) is 10.4 Å². The van der Waals surface area contributed by atoms with Crippen molar-refractivity contribution in [3.05, 3.63) is 51.6 Å². The van der Waals surface area contributed by atoms with Crippen LogP contribution in [-0.4, -0.2) is 4.98 Å². The number of anilines is 2. The van der Waals surface area contributed by atoms with Gasteiger partial charge in [0.05, 0.1) is 10.7 Å². The molecule has 0 saturated carbocycles. The van der Waals surface area contributed by atoms with E-state index in [4.69, 9.17) is 11.6 Å². The average molecular weight is 298 g/mol. The van der Waals surface area contributed by atoms with E-state index < -0.39 is 0 Å². The molecule has 2 nitrogen and oxygen atoms in total. The fraction of sp³-hybridized carbons (Fsp3) is 0.0833. The van der Waals surface area contributed by atoms with Gasteiger partial charge in [0, 0.05) is 0 Å². The van der Waals surface area contributed by atoms with E-state index in [0.717, 1.165) is 21.7 Å². The minimum Gasteiger partial charge on any atom is -0.339 e. The Labute approximate surface area is 108 Å². The van der Waals surface area contributed by atoms with Gasteiger partial charge in [-0.25, -0.2) is 4.98 Å². The Morgan fingerprint density at radius 3 is 2.81 bits per heavy atom. The third kappa shape index (κ3) is 2.74. The van der Waals surface area contributed by atoms with Crippen molar-refractivity contribution in [2.24, 2.45) is 0 Å². The molecule has 0 unspecified atom stereocenters. The Balaban J connectivity index is 2.30. The highest BCUT2D eigenvalue weighted by Crippen LogP contribution is 2.26. The van der Waals surface area contributed by atoms with Gasteiger partial charge in [-0.05, 0) is 52.7 Å². The minimum absolute atomic E-state index is 0.687. The molecule has 0 spiro atoms. The first-order valence-electron chi connectivity index (χ1n) is 4.81. The average Bonchev–Trinajstić information content (AvgIpc) is 2.24. The molecule has 0 amide bonds. The number of hydrogen-bond acceptors (Lipinski definition) is 2. The van der Waals surface area contributed by atoms with Crippen LogP contribution in [-0.2, 0) is 0 Å². The first-order valence-corrected chi connectivity index (χ1v) is 5.98. The van der Waals surface area contributed by atoms with Crippen molar-refractivity contribution < 1.29 is 0 Å². The van der Waals surface area contributed by atoms with Crippen LogP contribution < -0.4 is 5.32 Å². The Hall–Kier alpha value is -1.06. The molecule has 0 aliphatic rings. The molecule has 4 heteroatoms. The molecule has 1 heterocycles. The Kier molecular flexibility index (Phi) is 3.46. The zero-order chi connectivity index (χ0) is 11.5. The van der Waals surface area contributed by atoms with Crippen molar-refractivity contribution in [3.8, 4) is 0 Å². The van der Waals surface area contributed by atoms with E-state index >= 15 is 0 Å². The van der Waals surface area contributed by atoms with Crippen molar-refractivity contribution >= 4 is 39.0 Å². The van der Waals surface area contributed by atoms with E-state index in [1.54, 1.807) is 0 Å². The lowest BCUT2D eigenvalue weighted by Gasteiger charge is -2.08. The summed E-state index contributed by atoms with van der Waals surface area (Å²) in [5.41, 5.74) is 2.02. The molecule has 0 aliphatic carbocycles. The van der Waals surface area contributed by atoms with Crippen LogP contribution in [0, 0.1) is 6.92 Å². The van der Waals surface area contributed by atoms with Gasteiger partial charge in [0.2, 0.25) is 0 Å². The lowest BCUT2D eigenvalue weighted by atomic mass is 10.2. The van der Waals surface area contributed by atoms with Gasteiger partial charge < -0.3 is 5.32 Å². The molecule has 16 heavy (non-hydrogen) atoms. The Morgan fingerprint density at radius 2 is 2.06 bits per heavy atom. The molecule has 0 fully saturated rings. The van der Waals surface area contributed by atoms with Crippen molar-refractivity contribution in [1.29, 1.82) is 0 Å². The predicted octanol–water partition coefficient (Wildman–Crippen LogP) is 4.55. The second kappa shape index (κ2) is 4.85. The summed E-state index contributed by atoms with van der Waals surface area (Å²) in [4.78, 5) is 4.29. The van der Waals surface area contributed by atoms with Crippen LogP contribution in [0.25, 0.3) is 0 Å². The topological polar surface area (TPSA) is 24.9 Å². The number of aromatic nitrogens is 1. The number of hydrogen-bond donors (Lipinski definition) is 1. The largest absolute Gasteiger partial charge is 0.339 e. The van der Waals surface area contributed by atoms with E-state index in [-0.39, 0.29) is 0 Å². The maximum atomic E-state index is 6.08. The molecule has 1 N–H and O–H groups in total. The molecule has 2 rings (SSSR count). The van der Waals surface area contributed by atoms with Gasteiger partial charge >= 0.3 is 0 Å². The van der Waals surface area contributed by atoms with Gasteiger partial charge in [0.15, 0.2) is 0 Å². The number of benzene rings is 1. The summed E-state index contributed by atoms with van der Waals surface area (Å²) in [5, 5.41) is 3.87. The monoisotopic (exact) mass is 296 g/mol. The molecule has 0 aliphatic heterocycles. The lowest BCUT2D eigenvalue weighted by molar-refractivity contribution is 1.26. The molecule has 0 bridgehead atoms. The maximum absolute atomic E-state index is 6.08. The molecule has 2 aromatic rings. The molecule has 1 aromatic heterocycles. The van der Waals surface area contributed by atoms with Crippen LogP contribution in [0.3, 0.4) is 0 Å². The highest BCUT2D eigenvalue weighted by molar-refractivity contribution is 9.10. The second-order valence-corrected chi connectivity index (χ2v) is 4.67. The van der Waals surface area contributed by atoms with Gasteiger partial charge in [-0.3, -0.25) is 0 Å². The first kappa shape index (κ1) is 11.4. The summed E-state index contributed by atoms with van der Waals surface area (Å²) in [6, 6.07) is 11.5. The highest BCUT2D eigenvalue weighted by atomic mass is 79.9. The number of pyridine rings is 1. The summed E-state index contributed by atoms with van der Waals surface area (Å²) < 4.78 is 0.793. The fourth-order valence-corrected chi connectivity index (χ4v) is 1.86. The van der Waals surface area contributed by atoms with Crippen molar-refractivity contribution in [1.82, 2.24) is 4.98 Å². The van der Waals surface area contributed by atoms with Gasteiger partial charge in [-0.15, -0.1) is 0 Å². The third-order valence-corrected chi connectivity index (χ3v) is 2.87. The molecule has 0 atom stereocenters. The summed E-state index contributed by atoms with van der Waals surface area (Å²) in [6.07, 6.45) is 0. The predicted molar refractivity (Wildman–Crippen MR) is 71.4 cm³/mol. The van der Waals surface area contributed by atoms with E-state index in [1.165, 1.54) is 0 Å². The van der Waals surface area contributed by atoms with Gasteiger partial charge in [-0.1, -0.05) is 23.7 Å². The van der Waals surface area contributed by atoms with E-state index in [1.807, 2.05) is 43.3 Å². The summed E-state index contributed by atoms with van der Waals surface area (Å²) in [7, 11) is 0. The van der Waals surface area contributed by atoms with Crippen LogP contribution >= 0.6 is 27.5 Å². The van der Waals surface area contributed by atoms with Crippen LogP contribution in [0.4, 0.5) is 11.5 Å². The summed E-state index contributed by atoms with van der Waals surface area (Å²) in [5.74, 6) is 0.766. The number of halogens is 2. The smallest absolute Gasteiger partial charge is 0.131 e. The van der Waals surface area contributed by atoms with E-state index in [2.05, 4.69) is 26.2 Å². The van der Waals surface area contributed by atoms with Crippen molar-refractivity contribution in [2.45, 2.75) is 6.92 Å². The quantitative estimate of drug-likeness (QED) is 0.823. The number of aryl methyl sites for hydroxylation is 1. The number of nitrogens with one attached hydrogen (secondary N) is 1. The number of nitrogens with zero attached hydrogens (tertiary/aromatic N) is 1. The second-order valence-electron chi connectivity index (χ2n) is 3.45. The molecule has 0 radical (unpaired) electrons. The fourth-order valence-electron chi connectivity index (χ4n) is 1.35. The van der Waals surface area contributed by atoms with Gasteiger partial charge in [-0.2, -0.15) is 0 Å². The van der Waals surface area contributed by atoms with Crippen LogP contribution in [0.15, 0.2) is 41.0 Å². The Morgan fingerprint density at radius 1 is 1.25 bits per heavy atom. The van der Waals surface area contributed by atoms with Crippen LogP contribution in [0.1, 0.15) is 5.56 Å². The lowest BCUT2D eigenvalue weighted by Crippen LogP contribution is -1.94. The normalized spacial score (nSPS) is 10.2. The SMILES string of the molecule is Cc1ccc(Cl)c(Nc2cccc(Br)n2)c1. The summed E-state index contributed by atoms with van der Waals surface area (Å²) in [6.45, 7) is 2.02. The zero-order valence-corrected chi connectivity index (χ0v) is 11.0. The van der Waals surface area contributed by atoms with Crippen molar-refractivity contribution in [2.75, 3.05) is 5.32 Å². The Bertz CT molecular complexity index is 514. The van der Waals surface area contributed by atoms with Gasteiger partial charge in [0.25, 0.3) is 0 Å². The highest BCUT2D eigenvalue weighted by Gasteiger charge is 2.02. The van der Waals surface area contributed by atoms with Crippen LogP contribution in [0.5, 0.6) is 0 Å². The zero-order valence-electron chi connectivity index (χ0n) is 8.67. The molecular weight excluding hydrogens is 288 g/mol. The summed E-state index contributed by atoms with van der Waals surface area (Å²) >= 11 is 9.41. The van der Waals surface area contributed by atoms with E-state index in [0.29, 0.717) is 5.02 Å². The van der Waals surface area contributed by atoms with Crippen molar-refractivity contribution in [3.63, 3.8) is 0 Å². The van der Waals surface area contributed by atoms with E-state index in [9.17, 15) is 0 Å². The van der Waals surface area contributed by atoms with Crippen LogP contribution in [0.2, 0.25) is 5.02 Å². The maximum Gasteiger partial charge on any atom is 0.131 e. The third-order valence-electron chi connectivity index (χ3n) is 2.10. The first-order chi connectivity index (χ1) is 7.65. The standard InChI is InChI=1S/C12H10BrClN2/c1-8-5-6-9(14)10(7-8)15-12-4-2-3-11(13)16-12/h2-7H,1H3,(H,15,16). The molecule has 0 saturated heterocycles. The number of rotatable bonds is 2. The minimum atomic E-state index is 0.687. The molecule has 1 aromatic carbocycles. The molecular formula is C12H10BrClN2. The molecule has 82 valence electrons.